The first-order valence-electron chi connectivity index (χ1n) is 12.6. The average molecular weight is 512 g/mol. The van der Waals surface area contributed by atoms with E-state index in [2.05, 4.69) is 10.6 Å². The molecule has 0 aliphatic rings. The van der Waals surface area contributed by atoms with Gasteiger partial charge < -0.3 is 25.4 Å². The van der Waals surface area contributed by atoms with Gasteiger partial charge in [0.25, 0.3) is 0 Å². The van der Waals surface area contributed by atoms with Crippen LogP contribution in [0.1, 0.15) is 62.9 Å². The summed E-state index contributed by atoms with van der Waals surface area (Å²) in [5, 5.41) is 15.5. The molecule has 2 atom stereocenters. The van der Waals surface area contributed by atoms with Crippen LogP contribution in [-0.2, 0) is 20.9 Å². The number of aliphatic hydroxyl groups excluding tert-OH is 1. The summed E-state index contributed by atoms with van der Waals surface area (Å²) in [5.41, 5.74) is 2.70. The number of aliphatic hydroxyl groups is 1. The standard InChI is InChI=1S/C29H41N3O5/c1-19(2)24(31-28(36)37-29(5,6)7)27(35)32(13-14-33)25(23-16-20(3)15-21(4)17-23)26(34)30-18-22-11-9-8-10-12-22/h8-12,15-17,19,24-25,33H,13-14,18H2,1-7H3,(H,30,34)(H,31,36). The molecule has 0 aromatic heterocycles. The van der Waals surface area contributed by atoms with E-state index in [1.807, 2.05) is 62.4 Å². The van der Waals surface area contributed by atoms with E-state index in [4.69, 9.17) is 4.74 Å². The predicted molar refractivity (Wildman–Crippen MR) is 144 cm³/mol. The van der Waals surface area contributed by atoms with Gasteiger partial charge in [-0.15, -0.1) is 0 Å². The van der Waals surface area contributed by atoms with Gasteiger partial charge in [0.15, 0.2) is 0 Å². The lowest BCUT2D eigenvalue weighted by molar-refractivity contribution is -0.144. The molecular formula is C29H41N3O5. The number of ether oxygens (including phenoxy) is 1. The van der Waals surface area contributed by atoms with Crippen molar-refractivity contribution in [2.45, 2.75) is 72.7 Å². The van der Waals surface area contributed by atoms with Gasteiger partial charge in [0, 0.05) is 13.1 Å². The maximum absolute atomic E-state index is 13.9. The average Bonchev–Trinajstić information content (AvgIpc) is 2.79. The molecule has 0 aliphatic carbocycles. The highest BCUT2D eigenvalue weighted by Crippen LogP contribution is 2.26. The van der Waals surface area contributed by atoms with Crippen LogP contribution in [0.25, 0.3) is 0 Å². The highest BCUT2D eigenvalue weighted by atomic mass is 16.6. The summed E-state index contributed by atoms with van der Waals surface area (Å²) in [6, 6.07) is 13.2. The van der Waals surface area contributed by atoms with E-state index in [1.165, 1.54) is 4.90 Å². The summed E-state index contributed by atoms with van der Waals surface area (Å²) in [4.78, 5) is 41.5. The zero-order valence-electron chi connectivity index (χ0n) is 23.0. The molecule has 3 N–H and O–H groups in total. The Balaban J connectivity index is 2.46. The summed E-state index contributed by atoms with van der Waals surface area (Å²) >= 11 is 0. The quantitative estimate of drug-likeness (QED) is 0.446. The van der Waals surface area contributed by atoms with Crippen molar-refractivity contribution in [1.82, 2.24) is 15.5 Å². The molecule has 0 radical (unpaired) electrons. The van der Waals surface area contributed by atoms with E-state index >= 15 is 0 Å². The first kappa shape index (κ1) is 29.8. The Hall–Kier alpha value is -3.39. The van der Waals surface area contributed by atoms with Crippen LogP contribution in [-0.4, -0.2) is 52.7 Å². The molecule has 2 aromatic carbocycles. The van der Waals surface area contributed by atoms with E-state index < -0.39 is 29.7 Å². The van der Waals surface area contributed by atoms with Crippen molar-refractivity contribution in [3.8, 4) is 0 Å². The van der Waals surface area contributed by atoms with Crippen LogP contribution in [0.15, 0.2) is 48.5 Å². The summed E-state index contributed by atoms with van der Waals surface area (Å²) in [6.45, 7) is 12.5. The Morgan fingerprint density at radius 3 is 2.11 bits per heavy atom. The number of hydrogen-bond donors (Lipinski definition) is 3. The molecule has 2 rings (SSSR count). The number of carbonyl (C=O) groups excluding carboxylic acids is 3. The number of hydrogen-bond acceptors (Lipinski definition) is 5. The first-order chi connectivity index (χ1) is 17.3. The molecule has 0 bridgehead atoms. The van der Waals surface area contributed by atoms with Crippen LogP contribution in [0.2, 0.25) is 0 Å². The second-order valence-corrected chi connectivity index (χ2v) is 10.7. The fraction of sp³-hybridized carbons (Fsp3) is 0.483. The van der Waals surface area contributed by atoms with Crippen molar-refractivity contribution < 1.29 is 24.2 Å². The van der Waals surface area contributed by atoms with Crippen molar-refractivity contribution in [2.75, 3.05) is 13.2 Å². The van der Waals surface area contributed by atoms with Gasteiger partial charge >= 0.3 is 6.09 Å². The molecule has 2 unspecified atom stereocenters. The third kappa shape index (κ3) is 9.21. The summed E-state index contributed by atoms with van der Waals surface area (Å²) in [7, 11) is 0. The van der Waals surface area contributed by atoms with E-state index in [-0.39, 0.29) is 31.5 Å². The van der Waals surface area contributed by atoms with Crippen LogP contribution >= 0.6 is 0 Å². The number of alkyl carbamates (subject to hydrolysis) is 1. The largest absolute Gasteiger partial charge is 0.444 e. The van der Waals surface area contributed by atoms with Crippen molar-refractivity contribution in [2.24, 2.45) is 5.92 Å². The van der Waals surface area contributed by atoms with Crippen LogP contribution in [0.4, 0.5) is 4.79 Å². The topological polar surface area (TPSA) is 108 Å². The molecule has 0 aliphatic heterocycles. The zero-order valence-corrected chi connectivity index (χ0v) is 23.0. The molecule has 2 aromatic rings. The van der Waals surface area contributed by atoms with Gasteiger partial charge in [0.05, 0.1) is 6.61 Å². The Morgan fingerprint density at radius 1 is 1.00 bits per heavy atom. The SMILES string of the molecule is Cc1cc(C)cc(C(C(=O)NCc2ccccc2)N(CCO)C(=O)C(NC(=O)OC(C)(C)C)C(C)C)c1. The fourth-order valence-corrected chi connectivity index (χ4v) is 4.12. The van der Waals surface area contributed by atoms with Gasteiger partial charge in [-0.2, -0.15) is 0 Å². The second-order valence-electron chi connectivity index (χ2n) is 10.7. The van der Waals surface area contributed by atoms with Crippen molar-refractivity contribution in [3.05, 3.63) is 70.8 Å². The monoisotopic (exact) mass is 511 g/mol. The highest BCUT2D eigenvalue weighted by molar-refractivity contribution is 5.92. The Bertz CT molecular complexity index is 1040. The van der Waals surface area contributed by atoms with E-state index in [9.17, 15) is 19.5 Å². The van der Waals surface area contributed by atoms with Gasteiger partial charge in [-0.25, -0.2) is 4.79 Å². The maximum Gasteiger partial charge on any atom is 0.408 e. The summed E-state index contributed by atoms with van der Waals surface area (Å²) in [6.07, 6.45) is -0.722. The molecule has 0 saturated heterocycles. The molecule has 202 valence electrons. The predicted octanol–water partition coefficient (Wildman–Crippen LogP) is 4.03. The number of amides is 3. The lowest BCUT2D eigenvalue weighted by atomic mass is 9.96. The van der Waals surface area contributed by atoms with Gasteiger partial charge in [-0.05, 0) is 51.7 Å². The number of aryl methyl sites for hydroxylation is 2. The fourth-order valence-electron chi connectivity index (χ4n) is 4.12. The number of rotatable bonds is 10. The van der Waals surface area contributed by atoms with Crippen LogP contribution in [0, 0.1) is 19.8 Å². The zero-order chi connectivity index (χ0) is 27.8. The Kier molecular flexibility index (Phi) is 10.7. The lowest BCUT2D eigenvalue weighted by Crippen LogP contribution is -2.55. The number of nitrogens with one attached hydrogen (secondary N) is 2. The number of nitrogens with zero attached hydrogens (tertiary/aromatic N) is 1. The molecule has 8 heteroatoms. The number of benzene rings is 2. The smallest absolute Gasteiger partial charge is 0.408 e. The Labute approximate surface area is 220 Å². The van der Waals surface area contributed by atoms with Crippen LogP contribution in [0.5, 0.6) is 0 Å². The third-order valence-electron chi connectivity index (χ3n) is 5.66. The van der Waals surface area contributed by atoms with E-state index in [1.54, 1.807) is 34.6 Å². The molecule has 0 fully saturated rings. The van der Waals surface area contributed by atoms with Crippen molar-refractivity contribution in [3.63, 3.8) is 0 Å². The van der Waals surface area contributed by atoms with Gasteiger partial charge in [-0.1, -0.05) is 73.5 Å². The molecule has 8 nitrogen and oxygen atoms in total. The first-order valence-corrected chi connectivity index (χ1v) is 12.6. The maximum atomic E-state index is 13.9. The molecule has 0 spiro atoms. The minimum absolute atomic E-state index is 0.0888. The number of carbonyl (C=O) groups is 3. The highest BCUT2D eigenvalue weighted by Gasteiger charge is 2.37. The molecular weight excluding hydrogens is 470 g/mol. The summed E-state index contributed by atoms with van der Waals surface area (Å²) in [5.74, 6) is -1.15. The van der Waals surface area contributed by atoms with E-state index in [0.29, 0.717) is 5.56 Å². The molecule has 0 heterocycles. The van der Waals surface area contributed by atoms with Crippen LogP contribution in [0.3, 0.4) is 0 Å². The van der Waals surface area contributed by atoms with Crippen LogP contribution < -0.4 is 10.6 Å². The minimum atomic E-state index is -1.01. The van der Waals surface area contributed by atoms with Gasteiger partial charge in [0.1, 0.15) is 17.7 Å². The normalized spacial score (nSPS) is 13.0. The van der Waals surface area contributed by atoms with Crippen molar-refractivity contribution >= 4 is 17.9 Å². The molecule has 37 heavy (non-hydrogen) atoms. The lowest BCUT2D eigenvalue weighted by Gasteiger charge is -2.35. The summed E-state index contributed by atoms with van der Waals surface area (Å²) < 4.78 is 5.37. The molecule has 3 amide bonds. The third-order valence-corrected chi connectivity index (χ3v) is 5.66. The Morgan fingerprint density at radius 2 is 1.59 bits per heavy atom. The second kappa shape index (κ2) is 13.2. The minimum Gasteiger partial charge on any atom is -0.444 e. The van der Waals surface area contributed by atoms with Crippen molar-refractivity contribution in [1.29, 1.82) is 0 Å². The van der Waals surface area contributed by atoms with Gasteiger partial charge in [0.2, 0.25) is 11.8 Å². The van der Waals surface area contributed by atoms with E-state index in [0.717, 1.165) is 16.7 Å². The molecule has 0 saturated carbocycles. The van der Waals surface area contributed by atoms with Gasteiger partial charge in [-0.3, -0.25) is 9.59 Å².